The molecule has 1 amide bonds. The SMILES string of the molecule is O=C(CCn1c(=O)sc2cc(S(=O)(=O)N3CCCC3)ccc21)N1CCc2ccccc21. The van der Waals surface area contributed by atoms with Crippen LogP contribution in [0.2, 0.25) is 0 Å². The predicted molar refractivity (Wildman–Crippen MR) is 121 cm³/mol. The lowest BCUT2D eigenvalue weighted by molar-refractivity contribution is -0.118. The van der Waals surface area contributed by atoms with Gasteiger partial charge in [0.25, 0.3) is 0 Å². The zero-order valence-corrected chi connectivity index (χ0v) is 18.6. The van der Waals surface area contributed by atoms with E-state index in [4.69, 9.17) is 0 Å². The molecule has 31 heavy (non-hydrogen) atoms. The summed E-state index contributed by atoms with van der Waals surface area (Å²) in [7, 11) is -3.53. The topological polar surface area (TPSA) is 79.7 Å². The van der Waals surface area contributed by atoms with Gasteiger partial charge in [-0.1, -0.05) is 29.5 Å². The molecule has 1 aromatic heterocycles. The molecule has 2 aromatic carbocycles. The summed E-state index contributed by atoms with van der Waals surface area (Å²) in [5.74, 6) is -0.00979. The fourth-order valence-electron chi connectivity index (χ4n) is 4.44. The number of carbonyl (C=O) groups is 1. The van der Waals surface area contributed by atoms with Gasteiger partial charge in [0, 0.05) is 38.3 Å². The third-order valence-corrected chi connectivity index (χ3v) is 8.92. The van der Waals surface area contributed by atoms with Gasteiger partial charge in [0.05, 0.1) is 15.1 Å². The number of fused-ring (bicyclic) bond motifs is 2. The normalized spacial score (nSPS) is 16.8. The quantitative estimate of drug-likeness (QED) is 0.590. The Balaban J connectivity index is 1.37. The predicted octanol–water partition coefficient (Wildman–Crippen LogP) is 2.83. The first-order chi connectivity index (χ1) is 14.9. The maximum atomic E-state index is 12.8. The highest BCUT2D eigenvalue weighted by atomic mass is 32.2. The fourth-order valence-corrected chi connectivity index (χ4v) is 7.01. The standard InChI is InChI=1S/C22H23N3O4S2/c26-21(24-13-9-16-5-1-2-6-18(16)24)10-14-25-19-8-7-17(15-20(19)30-22(25)27)31(28,29)23-11-3-4-12-23/h1-2,5-8,15H,3-4,9-14H2. The average molecular weight is 458 g/mol. The number of aryl methyl sites for hydroxylation is 1. The van der Waals surface area contributed by atoms with Crippen LogP contribution in [0.1, 0.15) is 24.8 Å². The van der Waals surface area contributed by atoms with E-state index in [0.717, 1.165) is 36.3 Å². The van der Waals surface area contributed by atoms with Crippen LogP contribution < -0.4 is 9.77 Å². The number of rotatable bonds is 5. The zero-order valence-electron chi connectivity index (χ0n) is 17.0. The number of carbonyl (C=O) groups excluding carboxylic acids is 1. The van der Waals surface area contributed by atoms with Crippen molar-refractivity contribution in [1.29, 1.82) is 0 Å². The number of hydrogen-bond acceptors (Lipinski definition) is 5. The number of aromatic nitrogens is 1. The number of amides is 1. The summed E-state index contributed by atoms with van der Waals surface area (Å²) < 4.78 is 29.4. The van der Waals surface area contributed by atoms with Crippen molar-refractivity contribution in [2.75, 3.05) is 24.5 Å². The van der Waals surface area contributed by atoms with Crippen LogP contribution >= 0.6 is 11.3 Å². The fraction of sp³-hybridized carbons (Fsp3) is 0.364. The summed E-state index contributed by atoms with van der Waals surface area (Å²) in [6.07, 6.45) is 2.81. The minimum Gasteiger partial charge on any atom is -0.312 e. The lowest BCUT2D eigenvalue weighted by Gasteiger charge is -2.17. The van der Waals surface area contributed by atoms with E-state index < -0.39 is 10.0 Å². The van der Waals surface area contributed by atoms with Gasteiger partial charge in [0.15, 0.2) is 0 Å². The van der Waals surface area contributed by atoms with Crippen LogP contribution in [0.4, 0.5) is 5.69 Å². The third kappa shape index (κ3) is 3.60. The van der Waals surface area contributed by atoms with Crippen molar-refractivity contribution < 1.29 is 13.2 Å². The Hall–Kier alpha value is -2.49. The van der Waals surface area contributed by atoms with E-state index in [1.165, 1.54) is 9.87 Å². The number of benzene rings is 2. The minimum atomic E-state index is -3.53. The number of sulfonamides is 1. The first-order valence-electron chi connectivity index (χ1n) is 10.5. The smallest absolute Gasteiger partial charge is 0.308 e. The molecule has 0 aliphatic carbocycles. The van der Waals surface area contributed by atoms with Gasteiger partial charge in [-0.15, -0.1) is 0 Å². The largest absolute Gasteiger partial charge is 0.312 e. The highest BCUT2D eigenvalue weighted by Crippen LogP contribution is 2.29. The molecular weight excluding hydrogens is 434 g/mol. The van der Waals surface area contributed by atoms with Gasteiger partial charge >= 0.3 is 4.87 Å². The zero-order chi connectivity index (χ0) is 21.6. The molecule has 9 heteroatoms. The van der Waals surface area contributed by atoms with Gasteiger partial charge in [-0.05, 0) is 49.1 Å². The Bertz CT molecular complexity index is 1320. The second-order valence-corrected chi connectivity index (χ2v) is 10.9. The molecule has 3 heterocycles. The number of para-hydroxylation sites is 1. The molecular formula is C22H23N3O4S2. The van der Waals surface area contributed by atoms with Crippen molar-refractivity contribution in [3.8, 4) is 0 Å². The average Bonchev–Trinajstić information content (AvgIpc) is 3.50. The number of thiazole rings is 1. The van der Waals surface area contributed by atoms with Gasteiger partial charge in [-0.2, -0.15) is 4.31 Å². The Morgan fingerprint density at radius 2 is 1.81 bits per heavy atom. The molecule has 0 bridgehead atoms. The summed E-state index contributed by atoms with van der Waals surface area (Å²) in [6, 6.07) is 12.7. The molecule has 0 spiro atoms. The first kappa shape index (κ1) is 20.4. The van der Waals surface area contributed by atoms with Crippen LogP contribution in [-0.2, 0) is 27.8 Å². The third-order valence-electron chi connectivity index (χ3n) is 6.08. The molecule has 0 N–H and O–H groups in total. The van der Waals surface area contributed by atoms with E-state index >= 15 is 0 Å². The molecule has 0 unspecified atom stereocenters. The van der Waals surface area contributed by atoms with E-state index in [-0.39, 0.29) is 28.6 Å². The molecule has 162 valence electrons. The van der Waals surface area contributed by atoms with Gasteiger partial charge in [-0.3, -0.25) is 14.2 Å². The minimum absolute atomic E-state index is 0.00979. The van der Waals surface area contributed by atoms with Crippen LogP contribution in [0, 0.1) is 0 Å². The molecule has 0 saturated carbocycles. The van der Waals surface area contributed by atoms with Crippen molar-refractivity contribution in [1.82, 2.24) is 8.87 Å². The Kier molecular flexibility index (Phi) is 5.19. The maximum absolute atomic E-state index is 12.8. The molecule has 7 nitrogen and oxygen atoms in total. The monoisotopic (exact) mass is 457 g/mol. The van der Waals surface area contributed by atoms with E-state index in [2.05, 4.69) is 0 Å². The van der Waals surface area contributed by atoms with Crippen LogP contribution in [0.15, 0.2) is 52.2 Å². The van der Waals surface area contributed by atoms with Crippen LogP contribution in [0.5, 0.6) is 0 Å². The molecule has 3 aromatic rings. The molecule has 2 aliphatic rings. The first-order valence-corrected chi connectivity index (χ1v) is 12.7. The molecule has 1 fully saturated rings. The van der Waals surface area contributed by atoms with Crippen molar-refractivity contribution in [2.45, 2.75) is 37.1 Å². The summed E-state index contributed by atoms with van der Waals surface area (Å²) in [5.41, 5.74) is 2.79. The second-order valence-electron chi connectivity index (χ2n) is 7.93. The highest BCUT2D eigenvalue weighted by molar-refractivity contribution is 7.89. The Labute approximate surface area is 184 Å². The number of hydrogen-bond donors (Lipinski definition) is 0. The van der Waals surface area contributed by atoms with Crippen molar-refractivity contribution in [3.05, 3.63) is 57.7 Å². The molecule has 5 rings (SSSR count). The van der Waals surface area contributed by atoms with E-state index in [9.17, 15) is 18.0 Å². The van der Waals surface area contributed by atoms with Crippen LogP contribution in [0.3, 0.4) is 0 Å². The van der Waals surface area contributed by atoms with Gasteiger partial charge < -0.3 is 4.90 Å². The summed E-state index contributed by atoms with van der Waals surface area (Å²) in [4.78, 5) is 27.2. The maximum Gasteiger partial charge on any atom is 0.308 e. The summed E-state index contributed by atoms with van der Waals surface area (Å²) >= 11 is 1.02. The molecule has 2 aliphatic heterocycles. The molecule has 0 radical (unpaired) electrons. The van der Waals surface area contributed by atoms with Crippen LogP contribution in [-0.4, -0.2) is 42.8 Å². The lowest BCUT2D eigenvalue weighted by Crippen LogP contribution is -2.30. The van der Waals surface area contributed by atoms with Gasteiger partial charge in [0.2, 0.25) is 15.9 Å². The summed E-state index contributed by atoms with van der Waals surface area (Å²) in [6.45, 7) is 2.02. The van der Waals surface area contributed by atoms with Gasteiger partial charge in [-0.25, -0.2) is 8.42 Å². The van der Waals surface area contributed by atoms with Crippen molar-refractivity contribution in [3.63, 3.8) is 0 Å². The number of nitrogens with zero attached hydrogens (tertiary/aromatic N) is 3. The summed E-state index contributed by atoms with van der Waals surface area (Å²) in [5, 5.41) is 0. The lowest BCUT2D eigenvalue weighted by atomic mass is 10.2. The van der Waals surface area contributed by atoms with E-state index in [0.29, 0.717) is 29.9 Å². The van der Waals surface area contributed by atoms with Crippen molar-refractivity contribution >= 4 is 43.2 Å². The van der Waals surface area contributed by atoms with Gasteiger partial charge in [0.1, 0.15) is 0 Å². The molecule has 1 saturated heterocycles. The second kappa shape index (κ2) is 7.89. The molecule has 0 atom stereocenters. The highest BCUT2D eigenvalue weighted by Gasteiger charge is 2.28. The van der Waals surface area contributed by atoms with Crippen LogP contribution in [0.25, 0.3) is 10.2 Å². The van der Waals surface area contributed by atoms with E-state index in [1.54, 1.807) is 27.7 Å². The van der Waals surface area contributed by atoms with Crippen molar-refractivity contribution in [2.24, 2.45) is 0 Å². The Morgan fingerprint density at radius 1 is 1.03 bits per heavy atom. The Morgan fingerprint density at radius 3 is 2.61 bits per heavy atom. The van der Waals surface area contributed by atoms with E-state index in [1.807, 2.05) is 24.3 Å². The number of anilines is 1.